The van der Waals surface area contributed by atoms with Crippen molar-refractivity contribution in [2.45, 2.75) is 44.8 Å². The van der Waals surface area contributed by atoms with Crippen LogP contribution in [0.25, 0.3) is 0 Å². The summed E-state index contributed by atoms with van der Waals surface area (Å²) in [6.07, 6.45) is 3.31. The quantitative estimate of drug-likeness (QED) is 0.627. The summed E-state index contributed by atoms with van der Waals surface area (Å²) < 4.78 is 0. The predicted octanol–water partition coefficient (Wildman–Crippen LogP) is 2.51. The molecule has 4 rings (SSSR count). The fourth-order valence-electron chi connectivity index (χ4n) is 5.16. The lowest BCUT2D eigenvalue weighted by Crippen LogP contribution is -2.58. The Morgan fingerprint density at radius 1 is 1.20 bits per heavy atom. The highest BCUT2D eigenvalue weighted by Gasteiger charge is 2.34. The highest BCUT2D eigenvalue weighted by Crippen LogP contribution is 2.30. The lowest BCUT2D eigenvalue weighted by molar-refractivity contribution is 0.0610. The normalized spacial score (nSPS) is 19.9. The topological polar surface area (TPSA) is 114 Å². The molecule has 0 radical (unpaired) electrons. The van der Waals surface area contributed by atoms with Crippen molar-refractivity contribution in [2.24, 2.45) is 0 Å². The van der Waals surface area contributed by atoms with Crippen LogP contribution < -0.4 is 16.0 Å². The number of benzene rings is 1. The van der Waals surface area contributed by atoms with Crippen molar-refractivity contribution < 1.29 is 4.79 Å². The van der Waals surface area contributed by atoms with Crippen LogP contribution in [0.15, 0.2) is 24.3 Å². The second-order valence-corrected chi connectivity index (χ2v) is 9.57. The van der Waals surface area contributed by atoms with Gasteiger partial charge in [-0.25, -0.2) is 9.97 Å². The first kappa shape index (κ1) is 25.2. The first-order valence-electron chi connectivity index (χ1n) is 12.2. The van der Waals surface area contributed by atoms with Gasteiger partial charge in [-0.05, 0) is 50.0 Å². The molecule has 35 heavy (non-hydrogen) atoms. The first-order chi connectivity index (χ1) is 16.9. The molecule has 2 aliphatic heterocycles. The smallest absolute Gasteiger partial charge is 0.273 e. The molecule has 1 atom stereocenters. The Morgan fingerprint density at radius 3 is 2.54 bits per heavy atom. The maximum absolute atomic E-state index is 12.0. The summed E-state index contributed by atoms with van der Waals surface area (Å²) in [6, 6.07) is 11.0. The molecule has 3 heterocycles. The zero-order chi connectivity index (χ0) is 24.9. The van der Waals surface area contributed by atoms with Gasteiger partial charge in [0.2, 0.25) is 0 Å². The number of piperazine rings is 1. The highest BCUT2D eigenvalue weighted by atomic mass is 35.5. The largest absolute Gasteiger partial charge is 0.382 e. The molecule has 0 spiro atoms. The van der Waals surface area contributed by atoms with Gasteiger partial charge in [0.05, 0.1) is 11.6 Å². The summed E-state index contributed by atoms with van der Waals surface area (Å²) in [4.78, 5) is 27.9. The van der Waals surface area contributed by atoms with Gasteiger partial charge in [0.15, 0.2) is 22.5 Å². The maximum Gasteiger partial charge on any atom is 0.273 e. The molecule has 1 aromatic heterocycles. The van der Waals surface area contributed by atoms with Gasteiger partial charge in [-0.15, -0.1) is 0 Å². The predicted molar refractivity (Wildman–Crippen MR) is 137 cm³/mol. The molecule has 2 fully saturated rings. The van der Waals surface area contributed by atoms with Crippen molar-refractivity contribution in [1.29, 1.82) is 5.26 Å². The Balaban J connectivity index is 1.36. The molecule has 1 amide bonds. The standard InChI is InChI=1S/C25H33ClN8O/c1-3-19-16-33(24-22(26)30-21(23(28)31-24)25(35)29-2)12-13-34(19)20-8-10-32(11-9-20)15-18-6-4-17(14-27)5-7-18/h4-7,19-20H,3,8-13,15-16H2,1-2H3,(H2,28,31)(H,29,35)/t19-/m0/s1. The number of halogens is 1. The minimum absolute atomic E-state index is 0.0553. The zero-order valence-corrected chi connectivity index (χ0v) is 21.1. The zero-order valence-electron chi connectivity index (χ0n) is 20.4. The van der Waals surface area contributed by atoms with Crippen molar-refractivity contribution in [3.63, 3.8) is 0 Å². The number of carbonyl (C=O) groups excluding carboxylic acids is 1. The number of nitrogen functional groups attached to an aromatic ring is 1. The van der Waals surface area contributed by atoms with Crippen LogP contribution in [-0.4, -0.2) is 77.5 Å². The van der Waals surface area contributed by atoms with Crippen molar-refractivity contribution in [3.05, 3.63) is 46.2 Å². The molecule has 0 unspecified atom stereocenters. The van der Waals surface area contributed by atoms with Crippen molar-refractivity contribution in [3.8, 4) is 6.07 Å². The maximum atomic E-state index is 12.0. The Bertz CT molecular complexity index is 1080. The first-order valence-corrected chi connectivity index (χ1v) is 12.6. The summed E-state index contributed by atoms with van der Waals surface area (Å²) in [5.74, 6) is 0.242. The van der Waals surface area contributed by atoms with E-state index in [9.17, 15) is 4.79 Å². The molecular formula is C25H33ClN8O. The molecule has 186 valence electrons. The third kappa shape index (κ3) is 5.67. The minimum atomic E-state index is -0.398. The van der Waals surface area contributed by atoms with Crippen LogP contribution in [0, 0.1) is 11.3 Å². The van der Waals surface area contributed by atoms with Crippen LogP contribution in [0.2, 0.25) is 5.15 Å². The molecule has 2 aliphatic rings. The second-order valence-electron chi connectivity index (χ2n) is 9.21. The Labute approximate surface area is 211 Å². The molecule has 2 aromatic rings. The van der Waals surface area contributed by atoms with E-state index >= 15 is 0 Å². The number of piperidine rings is 1. The van der Waals surface area contributed by atoms with Crippen LogP contribution in [0.4, 0.5) is 11.6 Å². The van der Waals surface area contributed by atoms with E-state index in [1.54, 1.807) is 0 Å². The minimum Gasteiger partial charge on any atom is -0.382 e. The van der Waals surface area contributed by atoms with E-state index in [4.69, 9.17) is 22.6 Å². The van der Waals surface area contributed by atoms with E-state index < -0.39 is 5.91 Å². The monoisotopic (exact) mass is 496 g/mol. The number of anilines is 2. The van der Waals surface area contributed by atoms with Gasteiger partial charge in [-0.1, -0.05) is 30.7 Å². The number of nitrogens with zero attached hydrogens (tertiary/aromatic N) is 6. The van der Waals surface area contributed by atoms with Gasteiger partial charge < -0.3 is 16.0 Å². The third-order valence-electron chi connectivity index (χ3n) is 7.12. The van der Waals surface area contributed by atoms with E-state index in [1.165, 1.54) is 12.6 Å². The van der Waals surface area contributed by atoms with Crippen molar-refractivity contribution >= 4 is 29.1 Å². The number of amides is 1. The molecule has 3 N–H and O–H groups in total. The molecule has 2 saturated heterocycles. The van der Waals surface area contributed by atoms with Gasteiger partial charge in [0.25, 0.3) is 5.91 Å². The summed E-state index contributed by atoms with van der Waals surface area (Å²) in [5, 5.41) is 11.7. The molecule has 1 aromatic carbocycles. The van der Waals surface area contributed by atoms with Gasteiger partial charge in [0, 0.05) is 45.3 Å². The van der Waals surface area contributed by atoms with Gasteiger partial charge in [-0.3, -0.25) is 14.6 Å². The van der Waals surface area contributed by atoms with Crippen LogP contribution in [0.1, 0.15) is 47.8 Å². The fourth-order valence-corrected chi connectivity index (χ4v) is 5.41. The van der Waals surface area contributed by atoms with Crippen LogP contribution in [-0.2, 0) is 6.54 Å². The van der Waals surface area contributed by atoms with E-state index in [1.807, 2.05) is 12.1 Å². The van der Waals surface area contributed by atoms with E-state index in [0.29, 0.717) is 23.5 Å². The molecule has 0 saturated carbocycles. The number of nitrogens with two attached hydrogens (primary N) is 1. The van der Waals surface area contributed by atoms with Gasteiger partial charge in [0.1, 0.15) is 0 Å². The van der Waals surface area contributed by atoms with Crippen molar-refractivity contribution in [2.75, 3.05) is 50.4 Å². The van der Waals surface area contributed by atoms with Crippen LogP contribution >= 0.6 is 11.6 Å². The molecular weight excluding hydrogens is 464 g/mol. The SMILES string of the molecule is CC[C@H]1CN(c2nc(N)c(C(=O)NC)nc2Cl)CCN1C1CCN(Cc2ccc(C#N)cc2)CC1. The highest BCUT2D eigenvalue weighted by molar-refractivity contribution is 6.32. The number of nitriles is 1. The van der Waals surface area contributed by atoms with Crippen LogP contribution in [0.3, 0.4) is 0 Å². The third-order valence-corrected chi connectivity index (χ3v) is 7.37. The number of hydrogen-bond acceptors (Lipinski definition) is 8. The summed E-state index contributed by atoms with van der Waals surface area (Å²) in [5.41, 5.74) is 8.03. The Hall–Kier alpha value is -2.93. The van der Waals surface area contributed by atoms with Gasteiger partial charge in [-0.2, -0.15) is 5.26 Å². The summed E-state index contributed by atoms with van der Waals surface area (Å²) >= 11 is 6.43. The van der Waals surface area contributed by atoms with E-state index in [-0.39, 0.29) is 16.7 Å². The number of hydrogen-bond donors (Lipinski definition) is 2. The average Bonchev–Trinajstić information content (AvgIpc) is 2.90. The number of nitrogens with one attached hydrogen (secondary N) is 1. The molecule has 9 nitrogen and oxygen atoms in total. The van der Waals surface area contributed by atoms with Gasteiger partial charge >= 0.3 is 0 Å². The number of carbonyl (C=O) groups is 1. The van der Waals surface area contributed by atoms with Crippen LogP contribution in [0.5, 0.6) is 0 Å². The second kappa shape index (κ2) is 11.2. The lowest BCUT2D eigenvalue weighted by Gasteiger charge is -2.47. The van der Waals surface area contributed by atoms with E-state index in [0.717, 1.165) is 58.5 Å². The number of rotatable bonds is 6. The lowest BCUT2D eigenvalue weighted by atomic mass is 9.97. The van der Waals surface area contributed by atoms with E-state index in [2.05, 4.69) is 55.1 Å². The fraction of sp³-hybridized carbons (Fsp3) is 0.520. The molecule has 0 bridgehead atoms. The summed E-state index contributed by atoms with van der Waals surface area (Å²) in [6.45, 7) is 7.79. The molecule has 0 aliphatic carbocycles. The Morgan fingerprint density at radius 2 is 1.91 bits per heavy atom. The Kier molecular flexibility index (Phi) is 8.06. The molecule has 10 heteroatoms. The number of likely N-dealkylation sites (tertiary alicyclic amines) is 1. The number of aromatic nitrogens is 2. The average molecular weight is 497 g/mol. The van der Waals surface area contributed by atoms with Crippen molar-refractivity contribution in [1.82, 2.24) is 25.1 Å². The summed E-state index contributed by atoms with van der Waals surface area (Å²) in [7, 11) is 1.52.